The highest BCUT2D eigenvalue weighted by Gasteiger charge is 2.14. The summed E-state index contributed by atoms with van der Waals surface area (Å²) in [4.78, 5) is 12.9. The smallest absolute Gasteiger partial charge is 0.263 e. The average Bonchev–Trinajstić information content (AvgIpc) is 2.77. The van der Waals surface area contributed by atoms with Crippen LogP contribution in [0.3, 0.4) is 0 Å². The van der Waals surface area contributed by atoms with Gasteiger partial charge in [0.05, 0.1) is 5.02 Å². The number of rotatable bonds is 4. The van der Waals surface area contributed by atoms with Gasteiger partial charge in [-0.25, -0.2) is 0 Å². The number of thiophene rings is 1. The van der Waals surface area contributed by atoms with Crippen molar-refractivity contribution < 1.29 is 4.79 Å². The van der Waals surface area contributed by atoms with Crippen LogP contribution in [-0.2, 0) is 6.54 Å². The Kier molecular flexibility index (Phi) is 4.75. The molecule has 2 aromatic rings. The molecule has 104 valence electrons. The molecule has 0 bridgehead atoms. The van der Waals surface area contributed by atoms with Crippen molar-refractivity contribution in [3.8, 4) is 0 Å². The normalized spacial score (nSPS) is 10.3. The van der Waals surface area contributed by atoms with Crippen molar-refractivity contribution in [1.82, 2.24) is 5.32 Å². The van der Waals surface area contributed by atoms with Gasteiger partial charge in [-0.1, -0.05) is 42.0 Å². The van der Waals surface area contributed by atoms with E-state index in [0.29, 0.717) is 21.4 Å². The van der Waals surface area contributed by atoms with E-state index in [1.807, 2.05) is 36.6 Å². The summed E-state index contributed by atoms with van der Waals surface area (Å²) < 4.78 is 0. The van der Waals surface area contributed by atoms with Gasteiger partial charge < -0.3 is 11.1 Å². The van der Waals surface area contributed by atoms with Gasteiger partial charge >= 0.3 is 0 Å². The lowest BCUT2D eigenvalue weighted by Crippen LogP contribution is -2.22. The Bertz CT molecular complexity index is 667. The van der Waals surface area contributed by atoms with E-state index in [0.717, 1.165) is 16.7 Å². The summed E-state index contributed by atoms with van der Waals surface area (Å²) in [6.07, 6.45) is 0. The Balaban J connectivity index is 2.05. The molecular formula is C14H13ClN2OS2. The minimum absolute atomic E-state index is 0.172. The van der Waals surface area contributed by atoms with Crippen LogP contribution < -0.4 is 11.1 Å². The van der Waals surface area contributed by atoms with Crippen LogP contribution in [0.15, 0.2) is 29.6 Å². The Hall–Kier alpha value is -1.43. The number of aryl methyl sites for hydroxylation is 1. The topological polar surface area (TPSA) is 55.1 Å². The fourth-order valence-electron chi connectivity index (χ4n) is 1.68. The second-order valence-electron chi connectivity index (χ2n) is 4.31. The van der Waals surface area contributed by atoms with Crippen LogP contribution in [0.25, 0.3) is 0 Å². The van der Waals surface area contributed by atoms with Crippen LogP contribution in [0, 0.1) is 6.92 Å². The van der Waals surface area contributed by atoms with Crippen molar-refractivity contribution in [3.63, 3.8) is 0 Å². The fraction of sp³-hybridized carbons (Fsp3) is 0.143. The second-order valence-corrected chi connectivity index (χ2v) is 6.01. The zero-order chi connectivity index (χ0) is 14.7. The van der Waals surface area contributed by atoms with E-state index in [2.05, 4.69) is 5.32 Å². The van der Waals surface area contributed by atoms with Crippen molar-refractivity contribution in [3.05, 3.63) is 56.2 Å². The number of hydrogen-bond donors (Lipinski definition) is 2. The first-order chi connectivity index (χ1) is 9.49. The molecule has 20 heavy (non-hydrogen) atoms. The number of halogens is 1. The van der Waals surface area contributed by atoms with E-state index in [4.69, 9.17) is 29.6 Å². The molecule has 0 unspecified atom stereocenters. The van der Waals surface area contributed by atoms with Crippen molar-refractivity contribution in [2.24, 2.45) is 5.73 Å². The van der Waals surface area contributed by atoms with E-state index in [1.165, 1.54) is 11.3 Å². The Labute approximate surface area is 131 Å². The zero-order valence-corrected chi connectivity index (χ0v) is 13.2. The van der Waals surface area contributed by atoms with Gasteiger partial charge in [-0.3, -0.25) is 4.79 Å². The molecule has 3 nitrogen and oxygen atoms in total. The number of nitrogens with one attached hydrogen (secondary N) is 1. The summed E-state index contributed by atoms with van der Waals surface area (Å²) in [6, 6.07) is 7.47. The summed E-state index contributed by atoms with van der Waals surface area (Å²) in [6.45, 7) is 2.28. The minimum Gasteiger partial charge on any atom is -0.389 e. The van der Waals surface area contributed by atoms with Crippen LogP contribution in [0.2, 0.25) is 5.02 Å². The summed E-state index contributed by atoms with van der Waals surface area (Å²) in [7, 11) is 0. The van der Waals surface area contributed by atoms with Gasteiger partial charge in [-0.15, -0.1) is 11.3 Å². The van der Waals surface area contributed by atoms with Crippen LogP contribution in [0.4, 0.5) is 0 Å². The van der Waals surface area contributed by atoms with Gasteiger partial charge in [0.25, 0.3) is 5.91 Å². The first kappa shape index (κ1) is 15.0. The van der Waals surface area contributed by atoms with Crippen LogP contribution in [-0.4, -0.2) is 10.9 Å². The van der Waals surface area contributed by atoms with Gasteiger partial charge in [0.1, 0.15) is 9.87 Å². The molecule has 1 heterocycles. The predicted octanol–water partition coefficient (Wildman–Crippen LogP) is 3.27. The van der Waals surface area contributed by atoms with E-state index >= 15 is 0 Å². The molecule has 0 spiro atoms. The Morgan fingerprint density at radius 3 is 2.85 bits per heavy atom. The van der Waals surface area contributed by atoms with E-state index in [9.17, 15) is 4.79 Å². The maximum atomic E-state index is 12.0. The number of amides is 1. The lowest BCUT2D eigenvalue weighted by molar-refractivity contribution is 0.0955. The third-order valence-corrected chi connectivity index (χ3v) is 4.70. The molecule has 0 aliphatic heterocycles. The number of carbonyl (C=O) groups is 1. The molecule has 0 fully saturated rings. The number of nitrogens with two attached hydrogens (primary N) is 1. The molecule has 0 atom stereocenters. The van der Waals surface area contributed by atoms with Gasteiger partial charge in [0.2, 0.25) is 0 Å². The number of thiocarbonyl (C=S) groups is 1. The number of hydrogen-bond acceptors (Lipinski definition) is 3. The molecule has 0 saturated carbocycles. The van der Waals surface area contributed by atoms with E-state index in [1.54, 1.807) is 0 Å². The van der Waals surface area contributed by atoms with Crippen molar-refractivity contribution in [1.29, 1.82) is 0 Å². The first-order valence-corrected chi connectivity index (χ1v) is 7.56. The zero-order valence-electron chi connectivity index (χ0n) is 10.8. The molecule has 3 N–H and O–H groups in total. The third-order valence-electron chi connectivity index (χ3n) is 2.77. The lowest BCUT2D eigenvalue weighted by Gasteiger charge is -2.06. The number of benzene rings is 1. The van der Waals surface area contributed by atoms with Crippen LogP contribution >= 0.6 is 35.2 Å². The predicted molar refractivity (Wildman–Crippen MR) is 87.6 cm³/mol. The standard InChI is InChI=1S/C14H13ClN2OS2/c1-8-7-20-12(11(8)15)14(18)17-6-9-3-2-4-10(5-9)13(16)19/h2-5,7H,6H2,1H3,(H2,16,19)(H,17,18). The molecule has 1 aromatic heterocycles. The Morgan fingerprint density at radius 2 is 2.25 bits per heavy atom. The highest BCUT2D eigenvalue weighted by Crippen LogP contribution is 2.26. The van der Waals surface area contributed by atoms with Crippen LogP contribution in [0.5, 0.6) is 0 Å². The van der Waals surface area contributed by atoms with Gasteiger partial charge in [-0.05, 0) is 29.5 Å². The average molecular weight is 325 g/mol. The molecule has 6 heteroatoms. The molecule has 2 rings (SSSR count). The highest BCUT2D eigenvalue weighted by atomic mass is 35.5. The molecule has 0 aliphatic rings. The third kappa shape index (κ3) is 3.36. The summed E-state index contributed by atoms with van der Waals surface area (Å²) in [5.41, 5.74) is 8.22. The van der Waals surface area contributed by atoms with Gasteiger partial charge in [0.15, 0.2) is 0 Å². The maximum absolute atomic E-state index is 12.0. The largest absolute Gasteiger partial charge is 0.389 e. The quantitative estimate of drug-likeness (QED) is 0.849. The van der Waals surface area contributed by atoms with E-state index < -0.39 is 0 Å². The SMILES string of the molecule is Cc1csc(C(=O)NCc2cccc(C(N)=S)c2)c1Cl. The molecule has 1 amide bonds. The Morgan fingerprint density at radius 1 is 1.50 bits per heavy atom. The summed E-state index contributed by atoms with van der Waals surface area (Å²) >= 11 is 12.3. The second kappa shape index (κ2) is 6.35. The molecular weight excluding hydrogens is 312 g/mol. The fourth-order valence-corrected chi connectivity index (χ4v) is 3.00. The highest BCUT2D eigenvalue weighted by molar-refractivity contribution is 7.80. The van der Waals surface area contributed by atoms with Crippen molar-refractivity contribution in [2.75, 3.05) is 0 Å². The van der Waals surface area contributed by atoms with Crippen molar-refractivity contribution >= 4 is 46.1 Å². The van der Waals surface area contributed by atoms with Crippen molar-refractivity contribution in [2.45, 2.75) is 13.5 Å². The lowest BCUT2D eigenvalue weighted by atomic mass is 10.1. The summed E-state index contributed by atoms with van der Waals surface area (Å²) in [5, 5.41) is 5.22. The van der Waals surface area contributed by atoms with E-state index in [-0.39, 0.29) is 5.91 Å². The first-order valence-electron chi connectivity index (χ1n) is 5.89. The molecule has 0 radical (unpaired) electrons. The summed E-state index contributed by atoms with van der Waals surface area (Å²) in [5.74, 6) is -0.172. The molecule has 0 aliphatic carbocycles. The molecule has 0 saturated heterocycles. The van der Waals surface area contributed by atoms with Gasteiger partial charge in [-0.2, -0.15) is 0 Å². The minimum atomic E-state index is -0.172. The maximum Gasteiger partial charge on any atom is 0.263 e. The van der Waals surface area contributed by atoms with Crippen LogP contribution in [0.1, 0.15) is 26.4 Å². The number of carbonyl (C=O) groups excluding carboxylic acids is 1. The molecule has 1 aromatic carbocycles. The monoisotopic (exact) mass is 324 g/mol. The van der Waals surface area contributed by atoms with Gasteiger partial charge in [0, 0.05) is 12.1 Å².